The summed E-state index contributed by atoms with van der Waals surface area (Å²) in [5.41, 5.74) is 3.22. The molecule has 0 aliphatic rings. The lowest BCUT2D eigenvalue weighted by molar-refractivity contribution is 0.354. The van der Waals surface area contributed by atoms with Crippen molar-refractivity contribution in [1.29, 1.82) is 0 Å². The van der Waals surface area contributed by atoms with Crippen molar-refractivity contribution in [2.45, 2.75) is 13.0 Å². The van der Waals surface area contributed by atoms with E-state index in [2.05, 4.69) is 15.3 Å². The summed E-state index contributed by atoms with van der Waals surface area (Å²) in [6, 6.07) is 16.8. The highest BCUT2D eigenvalue weighted by Gasteiger charge is 2.22. The zero-order valence-corrected chi connectivity index (χ0v) is 17.1. The zero-order valence-electron chi connectivity index (χ0n) is 17.1. The Kier molecular flexibility index (Phi) is 5.39. The van der Waals surface area contributed by atoms with Gasteiger partial charge >= 0.3 is 0 Å². The summed E-state index contributed by atoms with van der Waals surface area (Å²) in [4.78, 5) is 8.80. The van der Waals surface area contributed by atoms with E-state index in [9.17, 15) is 5.11 Å². The molecule has 0 aliphatic heterocycles. The van der Waals surface area contributed by atoms with Gasteiger partial charge in [-0.25, -0.2) is 4.98 Å². The molecule has 6 heteroatoms. The highest BCUT2D eigenvalue weighted by molar-refractivity contribution is 5.86. The van der Waals surface area contributed by atoms with Crippen molar-refractivity contribution in [3.63, 3.8) is 0 Å². The number of hydrogen-bond acceptors (Lipinski definition) is 6. The minimum atomic E-state index is -0.384. The highest BCUT2D eigenvalue weighted by atomic mass is 16.5. The average Bonchev–Trinajstić information content (AvgIpc) is 2.78. The van der Waals surface area contributed by atoms with Crippen molar-refractivity contribution in [2.75, 3.05) is 19.5 Å². The lowest BCUT2D eigenvalue weighted by Crippen LogP contribution is -2.14. The quantitative estimate of drug-likeness (QED) is 0.480. The first-order valence-electron chi connectivity index (χ1n) is 9.58. The van der Waals surface area contributed by atoms with Crippen LogP contribution in [0, 0.1) is 6.92 Å². The SMILES string of the molecule is COc1ccc([C@H](Nc2cc(C)ccn2)c2ccc3cccnc3c2O)cc1OC. The predicted molar refractivity (Wildman–Crippen MR) is 117 cm³/mol. The minimum Gasteiger partial charge on any atom is -0.505 e. The van der Waals surface area contributed by atoms with Crippen LogP contribution in [0.2, 0.25) is 0 Å². The van der Waals surface area contributed by atoms with Gasteiger partial charge in [0.05, 0.1) is 20.3 Å². The van der Waals surface area contributed by atoms with Gasteiger partial charge in [0, 0.05) is 23.3 Å². The van der Waals surface area contributed by atoms with Crippen LogP contribution in [0.25, 0.3) is 10.9 Å². The molecule has 6 nitrogen and oxygen atoms in total. The maximum absolute atomic E-state index is 11.1. The molecule has 0 unspecified atom stereocenters. The molecule has 0 aliphatic carbocycles. The number of ether oxygens (including phenoxy) is 2. The third-order valence-corrected chi connectivity index (χ3v) is 5.04. The summed E-state index contributed by atoms with van der Waals surface area (Å²) in [6.45, 7) is 2.01. The molecule has 0 saturated carbocycles. The largest absolute Gasteiger partial charge is 0.505 e. The smallest absolute Gasteiger partial charge is 0.161 e. The second-order valence-corrected chi connectivity index (χ2v) is 6.99. The Morgan fingerprint density at radius 3 is 2.50 bits per heavy atom. The minimum absolute atomic E-state index is 0.132. The molecule has 2 aromatic heterocycles. The number of aryl methyl sites for hydroxylation is 1. The summed E-state index contributed by atoms with van der Waals surface area (Å²) >= 11 is 0. The third-order valence-electron chi connectivity index (χ3n) is 5.04. The Labute approximate surface area is 175 Å². The van der Waals surface area contributed by atoms with Crippen LogP contribution in [0.3, 0.4) is 0 Å². The Bertz CT molecular complexity index is 1190. The van der Waals surface area contributed by atoms with E-state index in [0.29, 0.717) is 28.4 Å². The van der Waals surface area contributed by atoms with Crippen LogP contribution in [-0.2, 0) is 0 Å². The van der Waals surface area contributed by atoms with Gasteiger partial charge in [-0.05, 0) is 48.4 Å². The Morgan fingerprint density at radius 2 is 1.73 bits per heavy atom. The predicted octanol–water partition coefficient (Wildman–Crippen LogP) is 4.86. The fourth-order valence-electron chi connectivity index (χ4n) is 3.51. The van der Waals surface area contributed by atoms with Gasteiger partial charge in [0.25, 0.3) is 0 Å². The summed E-state index contributed by atoms with van der Waals surface area (Å²) in [5.74, 6) is 2.08. The molecule has 152 valence electrons. The summed E-state index contributed by atoms with van der Waals surface area (Å²) in [6.07, 6.45) is 3.43. The van der Waals surface area contributed by atoms with Crippen LogP contribution < -0.4 is 14.8 Å². The van der Waals surface area contributed by atoms with Gasteiger partial charge in [-0.15, -0.1) is 0 Å². The summed E-state index contributed by atoms with van der Waals surface area (Å²) < 4.78 is 10.9. The lowest BCUT2D eigenvalue weighted by atomic mass is 9.95. The second kappa shape index (κ2) is 8.29. The van der Waals surface area contributed by atoms with Crippen molar-refractivity contribution in [3.05, 3.63) is 83.7 Å². The molecule has 2 N–H and O–H groups in total. The molecule has 1 atom stereocenters. The summed E-state index contributed by atoms with van der Waals surface area (Å²) in [7, 11) is 3.20. The number of hydrogen-bond donors (Lipinski definition) is 2. The van der Waals surface area contributed by atoms with Crippen molar-refractivity contribution in [2.24, 2.45) is 0 Å². The Balaban J connectivity index is 1.87. The number of pyridine rings is 2. The number of methoxy groups -OCH3 is 2. The normalized spacial score (nSPS) is 11.8. The number of phenols is 1. The molecule has 0 amide bonds. The van der Waals surface area contributed by atoms with Crippen molar-refractivity contribution >= 4 is 16.7 Å². The molecule has 4 rings (SSSR count). The fourth-order valence-corrected chi connectivity index (χ4v) is 3.51. The van der Waals surface area contributed by atoms with E-state index in [1.165, 1.54) is 0 Å². The van der Waals surface area contributed by atoms with E-state index in [1.807, 2.05) is 61.5 Å². The van der Waals surface area contributed by atoms with Crippen LogP contribution in [-0.4, -0.2) is 29.3 Å². The van der Waals surface area contributed by atoms with E-state index in [-0.39, 0.29) is 11.8 Å². The molecule has 2 heterocycles. The van der Waals surface area contributed by atoms with Gasteiger partial charge < -0.3 is 19.9 Å². The third kappa shape index (κ3) is 3.72. The standard InChI is InChI=1S/C24H23N3O3/c1-15-10-12-25-21(13-15)27-22(17-7-9-19(29-2)20(14-17)30-3)18-8-6-16-5-4-11-26-23(16)24(18)28/h4-14,22,28H,1-3H3,(H,25,27)/t22-/m0/s1. The molecular weight excluding hydrogens is 378 g/mol. The van der Waals surface area contributed by atoms with Crippen LogP contribution in [0.4, 0.5) is 5.82 Å². The van der Waals surface area contributed by atoms with Crippen molar-refractivity contribution in [3.8, 4) is 17.2 Å². The maximum Gasteiger partial charge on any atom is 0.161 e. The van der Waals surface area contributed by atoms with E-state index in [4.69, 9.17) is 9.47 Å². The molecule has 0 fully saturated rings. The van der Waals surface area contributed by atoms with E-state index >= 15 is 0 Å². The first-order chi connectivity index (χ1) is 14.6. The van der Waals surface area contributed by atoms with Gasteiger partial charge in [-0.1, -0.05) is 24.3 Å². The molecule has 0 saturated heterocycles. The molecule has 4 aromatic rings. The number of nitrogens with zero attached hydrogens (tertiary/aromatic N) is 2. The second-order valence-electron chi connectivity index (χ2n) is 6.99. The molecule has 2 aromatic carbocycles. The molecule has 30 heavy (non-hydrogen) atoms. The van der Waals surface area contributed by atoms with Crippen molar-refractivity contribution in [1.82, 2.24) is 9.97 Å². The number of aromatic hydroxyl groups is 1. The first kappa shape index (κ1) is 19.5. The number of rotatable bonds is 6. The van der Waals surface area contributed by atoms with Gasteiger partial charge in [-0.2, -0.15) is 0 Å². The van der Waals surface area contributed by atoms with Crippen LogP contribution in [0.15, 0.2) is 67.0 Å². The number of fused-ring (bicyclic) bond motifs is 1. The van der Waals surface area contributed by atoms with Crippen molar-refractivity contribution < 1.29 is 14.6 Å². The number of aromatic nitrogens is 2. The van der Waals surface area contributed by atoms with Gasteiger partial charge in [-0.3, -0.25) is 4.98 Å². The van der Waals surface area contributed by atoms with E-state index < -0.39 is 0 Å². The Morgan fingerprint density at radius 1 is 0.900 bits per heavy atom. The van der Waals surface area contributed by atoms with Gasteiger partial charge in [0.1, 0.15) is 17.1 Å². The van der Waals surface area contributed by atoms with Gasteiger partial charge in [0.15, 0.2) is 11.5 Å². The van der Waals surface area contributed by atoms with Gasteiger partial charge in [0.2, 0.25) is 0 Å². The molecular formula is C24H23N3O3. The van der Waals surface area contributed by atoms with Crippen LogP contribution in [0.5, 0.6) is 17.2 Å². The maximum atomic E-state index is 11.1. The zero-order chi connectivity index (χ0) is 21.1. The topological polar surface area (TPSA) is 76.5 Å². The van der Waals surface area contributed by atoms with E-state index in [1.54, 1.807) is 26.6 Å². The molecule has 0 radical (unpaired) electrons. The number of phenolic OH excluding ortho intramolecular Hbond substituents is 1. The number of benzene rings is 2. The van der Waals surface area contributed by atoms with E-state index in [0.717, 1.165) is 16.5 Å². The molecule has 0 bridgehead atoms. The fraction of sp³-hybridized carbons (Fsp3) is 0.167. The average molecular weight is 401 g/mol. The van der Waals surface area contributed by atoms with Crippen LogP contribution in [0.1, 0.15) is 22.7 Å². The highest BCUT2D eigenvalue weighted by Crippen LogP contribution is 2.39. The van der Waals surface area contributed by atoms with Crippen LogP contribution >= 0.6 is 0 Å². The Hall–Kier alpha value is -3.80. The summed E-state index contributed by atoms with van der Waals surface area (Å²) in [5, 5.41) is 15.4. The first-order valence-corrected chi connectivity index (χ1v) is 9.58. The number of anilines is 1. The molecule has 0 spiro atoms. The monoisotopic (exact) mass is 401 g/mol. The lowest BCUT2D eigenvalue weighted by Gasteiger charge is -2.23. The number of nitrogens with one attached hydrogen (secondary N) is 1.